The van der Waals surface area contributed by atoms with Crippen LogP contribution in [-0.4, -0.2) is 12.6 Å². The van der Waals surface area contributed by atoms with Crippen molar-refractivity contribution in [2.75, 3.05) is 6.54 Å². The molecule has 1 aliphatic rings. The van der Waals surface area contributed by atoms with Crippen molar-refractivity contribution in [3.63, 3.8) is 0 Å². The van der Waals surface area contributed by atoms with Crippen molar-refractivity contribution in [2.45, 2.75) is 25.3 Å². The maximum absolute atomic E-state index is 3.66. The topological polar surface area (TPSA) is 21.9 Å². The van der Waals surface area contributed by atoms with Gasteiger partial charge in [0.1, 0.15) is 0 Å². The van der Waals surface area contributed by atoms with Crippen molar-refractivity contribution in [3.05, 3.63) is 12.7 Å². The summed E-state index contributed by atoms with van der Waals surface area (Å²) in [7, 11) is 0. The van der Waals surface area contributed by atoms with E-state index < -0.39 is 0 Å². The van der Waals surface area contributed by atoms with Crippen LogP contribution in [0.2, 0.25) is 0 Å². The van der Waals surface area contributed by atoms with E-state index in [1.807, 2.05) is 6.08 Å². The van der Waals surface area contributed by atoms with Crippen LogP contribution in [0, 0.1) is 0 Å². The molecule has 0 aromatic rings. The van der Waals surface area contributed by atoms with E-state index >= 15 is 0 Å². The van der Waals surface area contributed by atoms with E-state index in [-0.39, 0.29) is 0 Å². The summed E-state index contributed by atoms with van der Waals surface area (Å²) < 4.78 is 0. The molecular formula is C7H13N. The van der Waals surface area contributed by atoms with Crippen LogP contribution in [0.3, 0.4) is 0 Å². The van der Waals surface area contributed by atoms with Gasteiger partial charge in [0.25, 0.3) is 0 Å². The highest BCUT2D eigenvalue weighted by Crippen LogP contribution is 2.07. The minimum atomic E-state index is 0.856. The molecule has 0 radical (unpaired) electrons. The average Bonchev–Trinajstić information content (AvgIpc) is 2.51. The lowest BCUT2D eigenvalue weighted by molar-refractivity contribution is 0.735. The summed E-state index contributed by atoms with van der Waals surface area (Å²) in [6.07, 6.45) is 5.81. The molecule has 0 saturated carbocycles. The predicted octanol–water partition coefficient (Wildman–Crippen LogP) is 1.31. The van der Waals surface area contributed by atoms with Gasteiger partial charge in [-0.25, -0.2) is 0 Å². The van der Waals surface area contributed by atoms with Crippen molar-refractivity contribution in [2.24, 2.45) is 0 Å². The van der Waals surface area contributed by atoms with Crippen LogP contribution in [-0.2, 0) is 0 Å². The van der Waals surface area contributed by atoms with E-state index in [1.165, 1.54) is 25.8 Å². The summed E-state index contributed by atoms with van der Waals surface area (Å²) in [5, 5.41) is 3.26. The van der Waals surface area contributed by atoms with Gasteiger partial charge in [-0.3, -0.25) is 0 Å². The van der Waals surface area contributed by atoms with Crippen molar-refractivity contribution in [1.82, 2.24) is 5.32 Å². The lowest BCUT2D eigenvalue weighted by Gasteiger charge is -1.89. The van der Waals surface area contributed by atoms with Crippen LogP contribution < -0.4 is 5.32 Å². The van der Waals surface area contributed by atoms with Crippen molar-refractivity contribution >= 4 is 0 Å². The Morgan fingerprint density at radius 2 is 2.50 bits per heavy atom. The van der Waals surface area contributed by atoms with Gasteiger partial charge in [0.2, 0.25) is 0 Å². The highest BCUT2D eigenvalue weighted by molar-refractivity contribution is 4.83. The van der Waals surface area contributed by atoms with E-state index in [1.54, 1.807) is 0 Å². The minimum absolute atomic E-state index is 0.856. The first kappa shape index (κ1) is 5.83. The monoisotopic (exact) mass is 111 g/mol. The van der Waals surface area contributed by atoms with Crippen LogP contribution in [0.25, 0.3) is 0 Å². The first-order valence-corrected chi connectivity index (χ1v) is 3.28. The van der Waals surface area contributed by atoms with Gasteiger partial charge in [-0.15, -0.1) is 6.58 Å². The summed E-state index contributed by atoms with van der Waals surface area (Å²) >= 11 is 0. The molecule has 0 aliphatic carbocycles. The van der Waals surface area contributed by atoms with Crippen LogP contribution >= 0.6 is 0 Å². The molecule has 1 heteroatoms. The first-order chi connectivity index (χ1) is 3.93. The third-order valence-corrected chi connectivity index (χ3v) is 1.45. The Morgan fingerprint density at radius 1 is 1.75 bits per heavy atom. The van der Waals surface area contributed by atoms with Gasteiger partial charge in [0.05, 0.1) is 0 Å². The van der Waals surface area contributed by atoms with E-state index in [0.29, 0.717) is 0 Å². The quantitative estimate of drug-likeness (QED) is 0.330. The smallest absolute Gasteiger partial charge is 0.0193 e. The Morgan fingerprint density at radius 3 is 3.00 bits per heavy atom. The number of nitrogens with one attached hydrogen (secondary N) is 1. The van der Waals surface area contributed by atoms with Gasteiger partial charge in [0.15, 0.2) is 0 Å². The average molecular weight is 111 g/mol. The number of unbranched alkanes of at least 4 members (excludes halogenated alkanes) is 1. The van der Waals surface area contributed by atoms with Gasteiger partial charge in [-0.05, 0) is 19.3 Å². The van der Waals surface area contributed by atoms with Gasteiger partial charge >= 0.3 is 0 Å². The standard InChI is InChI=1S/C7H13N/c1-2-3-4-5-7-6-8-7/h2,7-8H,1,3-6H2/t7-/m0/s1. The van der Waals surface area contributed by atoms with Crippen LogP contribution in [0.15, 0.2) is 12.7 Å². The zero-order valence-corrected chi connectivity index (χ0v) is 5.19. The van der Waals surface area contributed by atoms with E-state index in [0.717, 1.165) is 6.04 Å². The number of hydrogen-bond donors (Lipinski definition) is 1. The summed E-state index contributed by atoms with van der Waals surface area (Å²) in [6, 6.07) is 0.856. The molecule has 0 amide bonds. The van der Waals surface area contributed by atoms with Crippen molar-refractivity contribution in [3.8, 4) is 0 Å². The van der Waals surface area contributed by atoms with Gasteiger partial charge in [-0.2, -0.15) is 0 Å². The molecule has 1 fully saturated rings. The molecule has 1 rings (SSSR count). The van der Waals surface area contributed by atoms with E-state index in [2.05, 4.69) is 11.9 Å². The maximum Gasteiger partial charge on any atom is 0.0193 e. The van der Waals surface area contributed by atoms with Crippen LogP contribution in [0.5, 0.6) is 0 Å². The highest BCUT2D eigenvalue weighted by Gasteiger charge is 2.17. The number of rotatable bonds is 4. The second-order valence-corrected chi connectivity index (χ2v) is 2.32. The molecule has 0 bridgehead atoms. The molecule has 1 aliphatic heterocycles. The second-order valence-electron chi connectivity index (χ2n) is 2.32. The Hall–Kier alpha value is -0.300. The lowest BCUT2D eigenvalue weighted by Crippen LogP contribution is -1.87. The molecule has 0 aromatic heterocycles. The predicted molar refractivity (Wildman–Crippen MR) is 35.8 cm³/mol. The first-order valence-electron chi connectivity index (χ1n) is 3.28. The molecule has 1 heterocycles. The summed E-state index contributed by atoms with van der Waals surface area (Å²) in [6.45, 7) is 4.90. The number of allylic oxidation sites excluding steroid dienone is 1. The molecule has 0 spiro atoms. The van der Waals surface area contributed by atoms with Gasteiger partial charge in [0, 0.05) is 12.6 Å². The Balaban J connectivity index is 1.80. The molecule has 1 atom stereocenters. The summed E-state index contributed by atoms with van der Waals surface area (Å²) in [5.41, 5.74) is 0. The molecule has 1 nitrogen and oxygen atoms in total. The Bertz CT molecular complexity index is 74.5. The molecule has 1 saturated heterocycles. The zero-order chi connectivity index (χ0) is 5.82. The summed E-state index contributed by atoms with van der Waals surface area (Å²) in [5.74, 6) is 0. The second kappa shape index (κ2) is 2.88. The zero-order valence-electron chi connectivity index (χ0n) is 5.19. The number of hydrogen-bond acceptors (Lipinski definition) is 1. The fraction of sp³-hybridized carbons (Fsp3) is 0.714. The van der Waals surface area contributed by atoms with Crippen molar-refractivity contribution < 1.29 is 0 Å². The molecular weight excluding hydrogens is 98.1 g/mol. The Kier molecular flexibility index (Phi) is 2.10. The van der Waals surface area contributed by atoms with Gasteiger partial charge in [-0.1, -0.05) is 6.08 Å². The molecule has 0 unspecified atom stereocenters. The SMILES string of the molecule is C=CCCC[C@H]1CN1. The van der Waals surface area contributed by atoms with Crippen molar-refractivity contribution in [1.29, 1.82) is 0 Å². The normalized spacial score (nSPS) is 25.2. The van der Waals surface area contributed by atoms with E-state index in [4.69, 9.17) is 0 Å². The lowest BCUT2D eigenvalue weighted by atomic mass is 10.2. The minimum Gasteiger partial charge on any atom is -0.311 e. The molecule has 8 heavy (non-hydrogen) atoms. The third kappa shape index (κ3) is 2.12. The Labute approximate surface area is 50.8 Å². The highest BCUT2D eigenvalue weighted by atomic mass is 15.1. The summed E-state index contributed by atoms with van der Waals surface area (Å²) in [4.78, 5) is 0. The fourth-order valence-electron chi connectivity index (χ4n) is 0.796. The van der Waals surface area contributed by atoms with Crippen LogP contribution in [0.4, 0.5) is 0 Å². The van der Waals surface area contributed by atoms with Gasteiger partial charge < -0.3 is 5.32 Å². The van der Waals surface area contributed by atoms with E-state index in [9.17, 15) is 0 Å². The largest absolute Gasteiger partial charge is 0.311 e. The fourth-order valence-corrected chi connectivity index (χ4v) is 0.796. The van der Waals surface area contributed by atoms with Crippen LogP contribution in [0.1, 0.15) is 19.3 Å². The third-order valence-electron chi connectivity index (χ3n) is 1.45. The molecule has 1 N–H and O–H groups in total. The molecule has 0 aromatic carbocycles. The maximum atomic E-state index is 3.66. The molecule has 46 valence electrons.